The van der Waals surface area contributed by atoms with E-state index in [2.05, 4.69) is 12.2 Å². The first-order chi connectivity index (χ1) is 13.7. The van der Waals surface area contributed by atoms with Crippen molar-refractivity contribution in [3.63, 3.8) is 0 Å². The first-order valence-corrected chi connectivity index (χ1v) is 9.58. The average molecular weight is 375 g/mol. The summed E-state index contributed by atoms with van der Waals surface area (Å²) >= 11 is 0. The first-order valence-electron chi connectivity index (χ1n) is 9.58. The van der Waals surface area contributed by atoms with Crippen LogP contribution in [0.3, 0.4) is 0 Å². The number of benzene rings is 3. The van der Waals surface area contributed by atoms with Crippen LogP contribution in [-0.4, -0.2) is 12.0 Å². The Balaban J connectivity index is 1.70. The van der Waals surface area contributed by atoms with Crippen molar-refractivity contribution < 1.29 is 14.3 Å². The normalized spacial score (nSPS) is 11.5. The molecule has 4 heteroatoms. The highest BCUT2D eigenvalue weighted by atomic mass is 16.5. The van der Waals surface area contributed by atoms with Gasteiger partial charge in [-0.25, -0.2) is 0 Å². The van der Waals surface area contributed by atoms with Crippen molar-refractivity contribution in [2.75, 3.05) is 5.32 Å². The molecule has 3 aromatic carbocycles. The van der Waals surface area contributed by atoms with Crippen LogP contribution in [0.5, 0.6) is 17.2 Å². The van der Waals surface area contributed by atoms with Crippen molar-refractivity contribution >= 4 is 11.6 Å². The fourth-order valence-corrected chi connectivity index (χ4v) is 2.78. The van der Waals surface area contributed by atoms with Gasteiger partial charge in [0.15, 0.2) is 11.9 Å². The maximum atomic E-state index is 12.8. The van der Waals surface area contributed by atoms with Crippen LogP contribution in [0, 0.1) is 0 Å². The second-order valence-corrected chi connectivity index (χ2v) is 6.41. The molecule has 0 aromatic heterocycles. The Morgan fingerprint density at radius 2 is 1.54 bits per heavy atom. The van der Waals surface area contributed by atoms with Gasteiger partial charge in [-0.2, -0.15) is 0 Å². The molecule has 0 unspecified atom stereocenters. The molecular formula is C24H25NO3. The lowest BCUT2D eigenvalue weighted by molar-refractivity contribution is -0.122. The maximum absolute atomic E-state index is 12.8. The second-order valence-electron chi connectivity index (χ2n) is 6.41. The molecule has 3 aromatic rings. The van der Waals surface area contributed by atoms with E-state index in [0.717, 1.165) is 6.42 Å². The molecule has 1 amide bonds. The van der Waals surface area contributed by atoms with E-state index in [1.165, 1.54) is 5.56 Å². The summed E-state index contributed by atoms with van der Waals surface area (Å²) in [5.74, 6) is 1.78. The molecule has 1 N–H and O–H groups in total. The first kappa shape index (κ1) is 19.5. The Morgan fingerprint density at radius 1 is 0.857 bits per heavy atom. The van der Waals surface area contributed by atoms with Crippen LogP contribution in [-0.2, 0) is 11.2 Å². The molecule has 1 atom stereocenters. The Hall–Kier alpha value is -3.27. The third-order valence-corrected chi connectivity index (χ3v) is 4.39. The average Bonchev–Trinajstić information content (AvgIpc) is 2.74. The largest absolute Gasteiger partial charge is 0.481 e. The summed E-state index contributed by atoms with van der Waals surface area (Å²) in [4.78, 5) is 12.8. The fraction of sp³-hybridized carbons (Fsp3) is 0.208. The standard InChI is InChI=1S/C24H25NO3/c1-3-18-14-16-20(17-15-18)27-22(4-2)24(26)25-21-12-8-9-13-23(21)28-19-10-6-5-7-11-19/h5-17,22H,3-4H2,1-2H3,(H,25,26)/t22-/m1/s1. The van der Waals surface area contributed by atoms with Gasteiger partial charge in [-0.05, 0) is 54.8 Å². The highest BCUT2D eigenvalue weighted by Crippen LogP contribution is 2.29. The SMILES string of the molecule is CCc1ccc(O[C@H](CC)C(=O)Nc2ccccc2Oc2ccccc2)cc1. The third kappa shape index (κ3) is 5.13. The molecule has 0 aliphatic rings. The molecule has 28 heavy (non-hydrogen) atoms. The number of carbonyl (C=O) groups is 1. The topological polar surface area (TPSA) is 47.6 Å². The van der Waals surface area contributed by atoms with E-state index in [4.69, 9.17) is 9.47 Å². The molecule has 0 heterocycles. The fourth-order valence-electron chi connectivity index (χ4n) is 2.78. The summed E-state index contributed by atoms with van der Waals surface area (Å²) < 4.78 is 11.8. The van der Waals surface area contributed by atoms with Gasteiger partial charge in [0, 0.05) is 0 Å². The van der Waals surface area contributed by atoms with Gasteiger partial charge >= 0.3 is 0 Å². The Bertz CT molecular complexity index is 891. The minimum atomic E-state index is -0.586. The predicted octanol–water partition coefficient (Wildman–Crippen LogP) is 5.84. The number of anilines is 1. The molecule has 4 nitrogen and oxygen atoms in total. The lowest BCUT2D eigenvalue weighted by atomic mass is 10.1. The molecule has 0 radical (unpaired) electrons. The van der Waals surface area contributed by atoms with Crippen LogP contribution < -0.4 is 14.8 Å². The third-order valence-electron chi connectivity index (χ3n) is 4.39. The van der Waals surface area contributed by atoms with Crippen LogP contribution in [0.15, 0.2) is 78.9 Å². The monoisotopic (exact) mass is 375 g/mol. The van der Waals surface area contributed by atoms with Crippen molar-refractivity contribution in [2.24, 2.45) is 0 Å². The molecule has 144 valence electrons. The van der Waals surface area contributed by atoms with Gasteiger partial charge in [-0.3, -0.25) is 4.79 Å². The number of aryl methyl sites for hydroxylation is 1. The van der Waals surface area contributed by atoms with Crippen molar-refractivity contribution in [1.82, 2.24) is 0 Å². The molecule has 0 bridgehead atoms. The van der Waals surface area contributed by atoms with Crippen molar-refractivity contribution in [1.29, 1.82) is 0 Å². The predicted molar refractivity (Wildman–Crippen MR) is 112 cm³/mol. The smallest absolute Gasteiger partial charge is 0.265 e. The van der Waals surface area contributed by atoms with E-state index in [-0.39, 0.29) is 5.91 Å². The van der Waals surface area contributed by atoms with Crippen LogP contribution in [0.4, 0.5) is 5.69 Å². The maximum Gasteiger partial charge on any atom is 0.265 e. The van der Waals surface area contributed by atoms with E-state index in [1.54, 1.807) is 0 Å². The van der Waals surface area contributed by atoms with Gasteiger partial charge in [-0.15, -0.1) is 0 Å². The van der Waals surface area contributed by atoms with Gasteiger partial charge in [-0.1, -0.05) is 56.3 Å². The molecule has 0 spiro atoms. The van der Waals surface area contributed by atoms with Crippen molar-refractivity contribution in [3.8, 4) is 17.2 Å². The molecule has 0 saturated heterocycles. The summed E-state index contributed by atoms with van der Waals surface area (Å²) in [6.07, 6.45) is 0.941. The number of rotatable bonds is 8. The number of hydrogen-bond donors (Lipinski definition) is 1. The van der Waals surface area contributed by atoms with Gasteiger partial charge < -0.3 is 14.8 Å². The van der Waals surface area contributed by atoms with Gasteiger partial charge in [0.1, 0.15) is 11.5 Å². The van der Waals surface area contributed by atoms with E-state index in [9.17, 15) is 4.79 Å². The highest BCUT2D eigenvalue weighted by molar-refractivity contribution is 5.95. The second kappa shape index (κ2) is 9.60. The molecule has 0 fully saturated rings. The molecule has 3 rings (SSSR count). The van der Waals surface area contributed by atoms with Gasteiger partial charge in [0.25, 0.3) is 5.91 Å². The Kier molecular flexibility index (Phi) is 6.68. The zero-order valence-corrected chi connectivity index (χ0v) is 16.2. The van der Waals surface area contributed by atoms with Crippen LogP contribution >= 0.6 is 0 Å². The van der Waals surface area contributed by atoms with Crippen molar-refractivity contribution in [3.05, 3.63) is 84.4 Å². The van der Waals surface area contributed by atoms with Crippen molar-refractivity contribution in [2.45, 2.75) is 32.8 Å². The quantitative estimate of drug-likeness (QED) is 0.538. The van der Waals surface area contributed by atoms with E-state index >= 15 is 0 Å². The summed E-state index contributed by atoms with van der Waals surface area (Å²) in [5.41, 5.74) is 1.84. The highest BCUT2D eigenvalue weighted by Gasteiger charge is 2.20. The minimum absolute atomic E-state index is 0.203. The lowest BCUT2D eigenvalue weighted by Crippen LogP contribution is -2.32. The number of nitrogens with one attached hydrogen (secondary N) is 1. The minimum Gasteiger partial charge on any atom is -0.481 e. The summed E-state index contributed by atoms with van der Waals surface area (Å²) in [7, 11) is 0. The van der Waals surface area contributed by atoms with Crippen LogP contribution in [0.1, 0.15) is 25.8 Å². The Labute approximate surface area is 166 Å². The molecule has 0 saturated carbocycles. The van der Waals surface area contributed by atoms with E-state index in [0.29, 0.717) is 29.4 Å². The van der Waals surface area contributed by atoms with Crippen LogP contribution in [0.2, 0.25) is 0 Å². The van der Waals surface area contributed by atoms with Gasteiger partial charge in [0.05, 0.1) is 5.69 Å². The van der Waals surface area contributed by atoms with E-state index in [1.807, 2.05) is 85.8 Å². The number of hydrogen-bond acceptors (Lipinski definition) is 3. The molecule has 0 aliphatic carbocycles. The zero-order valence-electron chi connectivity index (χ0n) is 16.2. The summed E-state index contributed by atoms with van der Waals surface area (Å²) in [6.45, 7) is 4.03. The number of para-hydroxylation sites is 3. The Morgan fingerprint density at radius 3 is 2.21 bits per heavy atom. The summed E-state index contributed by atoms with van der Waals surface area (Å²) in [5, 5.41) is 2.94. The van der Waals surface area contributed by atoms with E-state index < -0.39 is 6.10 Å². The number of carbonyl (C=O) groups excluding carboxylic acids is 1. The molecule has 0 aliphatic heterocycles. The van der Waals surface area contributed by atoms with Crippen LogP contribution in [0.25, 0.3) is 0 Å². The number of ether oxygens (including phenoxy) is 2. The zero-order chi connectivity index (χ0) is 19.8. The van der Waals surface area contributed by atoms with Gasteiger partial charge in [0.2, 0.25) is 0 Å². The molecular weight excluding hydrogens is 350 g/mol. The lowest BCUT2D eigenvalue weighted by Gasteiger charge is -2.19. The summed E-state index contributed by atoms with van der Waals surface area (Å²) in [6, 6.07) is 24.7. The number of amides is 1.